The fraction of sp³-hybridized carbons (Fsp3) is 0.263. The summed E-state index contributed by atoms with van der Waals surface area (Å²) < 4.78 is 32.8. The lowest BCUT2D eigenvalue weighted by molar-refractivity contribution is -0.135. The van der Waals surface area contributed by atoms with Gasteiger partial charge in [0.05, 0.1) is 12.3 Å². The molecule has 2 N–H and O–H groups in total. The normalized spacial score (nSPS) is 11.0. The van der Waals surface area contributed by atoms with Gasteiger partial charge in [-0.1, -0.05) is 18.2 Å². The SMILES string of the molecule is CCOc1ccccc1NC(=O)C(C)(C)C(=O)Nc1c(F)cccc1F. The number of hydrogen-bond acceptors (Lipinski definition) is 3. The first-order valence-corrected chi connectivity index (χ1v) is 8.06. The molecule has 0 fully saturated rings. The van der Waals surface area contributed by atoms with Crippen LogP contribution >= 0.6 is 0 Å². The Labute approximate surface area is 150 Å². The minimum atomic E-state index is -1.59. The van der Waals surface area contributed by atoms with E-state index >= 15 is 0 Å². The predicted octanol–water partition coefficient (Wildman–Crippen LogP) is 3.97. The lowest BCUT2D eigenvalue weighted by Gasteiger charge is -2.23. The van der Waals surface area contributed by atoms with Crippen LogP contribution in [-0.4, -0.2) is 18.4 Å². The second-order valence-electron chi connectivity index (χ2n) is 6.06. The van der Waals surface area contributed by atoms with Crippen molar-refractivity contribution < 1.29 is 23.1 Å². The summed E-state index contributed by atoms with van der Waals surface area (Å²) in [6.45, 7) is 4.93. The molecule has 0 spiro atoms. The molecular formula is C19H20F2N2O3. The monoisotopic (exact) mass is 362 g/mol. The fourth-order valence-electron chi connectivity index (χ4n) is 2.12. The fourth-order valence-corrected chi connectivity index (χ4v) is 2.12. The van der Waals surface area contributed by atoms with Crippen molar-refractivity contribution >= 4 is 23.2 Å². The van der Waals surface area contributed by atoms with Crippen molar-refractivity contribution in [2.24, 2.45) is 5.41 Å². The molecule has 0 heterocycles. The highest BCUT2D eigenvalue weighted by Crippen LogP contribution is 2.28. The second-order valence-corrected chi connectivity index (χ2v) is 6.06. The molecule has 5 nitrogen and oxygen atoms in total. The number of amides is 2. The van der Waals surface area contributed by atoms with Gasteiger partial charge >= 0.3 is 0 Å². The van der Waals surface area contributed by atoms with Crippen molar-refractivity contribution in [2.45, 2.75) is 20.8 Å². The Kier molecular flexibility index (Phi) is 5.92. The van der Waals surface area contributed by atoms with E-state index in [0.717, 1.165) is 12.1 Å². The van der Waals surface area contributed by atoms with Crippen molar-refractivity contribution in [3.8, 4) is 5.75 Å². The van der Waals surface area contributed by atoms with Crippen LogP contribution in [0.3, 0.4) is 0 Å². The molecule has 0 bridgehead atoms. The number of benzene rings is 2. The van der Waals surface area contributed by atoms with Crippen LogP contribution in [0.25, 0.3) is 0 Å². The van der Waals surface area contributed by atoms with Gasteiger partial charge in [-0.15, -0.1) is 0 Å². The molecule has 0 aliphatic heterocycles. The predicted molar refractivity (Wildman–Crippen MR) is 95.0 cm³/mol. The van der Waals surface area contributed by atoms with Crippen molar-refractivity contribution in [2.75, 3.05) is 17.2 Å². The van der Waals surface area contributed by atoms with E-state index in [-0.39, 0.29) is 0 Å². The minimum Gasteiger partial charge on any atom is -0.492 e. The maximum Gasteiger partial charge on any atom is 0.239 e. The zero-order chi connectivity index (χ0) is 19.3. The Bertz CT molecular complexity index is 802. The summed E-state index contributed by atoms with van der Waals surface area (Å²) in [6.07, 6.45) is 0. The van der Waals surface area contributed by atoms with Crippen molar-refractivity contribution in [3.05, 3.63) is 54.1 Å². The number of nitrogens with one attached hydrogen (secondary N) is 2. The molecule has 0 saturated carbocycles. The molecule has 138 valence electrons. The molecule has 2 amide bonds. The average Bonchev–Trinajstić information content (AvgIpc) is 2.60. The van der Waals surface area contributed by atoms with Crippen molar-refractivity contribution in [3.63, 3.8) is 0 Å². The van der Waals surface area contributed by atoms with Crippen molar-refractivity contribution in [1.82, 2.24) is 0 Å². The van der Waals surface area contributed by atoms with E-state index in [9.17, 15) is 18.4 Å². The highest BCUT2D eigenvalue weighted by Gasteiger charge is 2.37. The molecule has 0 aliphatic carbocycles. The Hall–Kier alpha value is -2.96. The van der Waals surface area contributed by atoms with Crippen LogP contribution in [0.15, 0.2) is 42.5 Å². The maximum absolute atomic E-state index is 13.7. The van der Waals surface area contributed by atoms with Gasteiger partial charge in [-0.3, -0.25) is 9.59 Å². The van der Waals surface area contributed by atoms with Gasteiger partial charge in [0.25, 0.3) is 0 Å². The summed E-state index contributed by atoms with van der Waals surface area (Å²) in [5.41, 5.74) is -1.78. The number of hydrogen-bond donors (Lipinski definition) is 2. The number of halogens is 2. The van der Waals surface area contributed by atoms with Crippen LogP contribution in [0.2, 0.25) is 0 Å². The molecule has 26 heavy (non-hydrogen) atoms. The molecule has 0 aromatic heterocycles. The number of rotatable bonds is 6. The van der Waals surface area contributed by atoms with Crippen LogP contribution in [-0.2, 0) is 9.59 Å². The van der Waals surface area contributed by atoms with Gasteiger partial charge in [0, 0.05) is 0 Å². The number of anilines is 2. The zero-order valence-electron chi connectivity index (χ0n) is 14.7. The van der Waals surface area contributed by atoms with Gasteiger partial charge in [0.1, 0.15) is 28.5 Å². The van der Waals surface area contributed by atoms with Gasteiger partial charge in [-0.05, 0) is 45.0 Å². The van der Waals surface area contributed by atoms with Gasteiger partial charge in [-0.25, -0.2) is 8.78 Å². The number of carbonyl (C=O) groups is 2. The van der Waals surface area contributed by atoms with Crippen LogP contribution in [0, 0.1) is 17.0 Å². The third kappa shape index (κ3) is 4.17. The first-order valence-electron chi connectivity index (χ1n) is 8.06. The molecule has 0 unspecified atom stereocenters. The van der Waals surface area contributed by atoms with Gasteiger partial charge < -0.3 is 15.4 Å². The van der Waals surface area contributed by atoms with Crippen LogP contribution in [0.4, 0.5) is 20.2 Å². The molecule has 7 heteroatoms. The van der Waals surface area contributed by atoms with Gasteiger partial charge in [0.15, 0.2) is 0 Å². The molecule has 2 aromatic carbocycles. The number of para-hydroxylation sites is 3. The quantitative estimate of drug-likeness (QED) is 0.764. The highest BCUT2D eigenvalue weighted by atomic mass is 19.1. The van der Waals surface area contributed by atoms with Crippen molar-refractivity contribution in [1.29, 1.82) is 0 Å². The first-order chi connectivity index (χ1) is 12.3. The number of carbonyl (C=O) groups excluding carboxylic acids is 2. The Balaban J connectivity index is 2.18. The largest absolute Gasteiger partial charge is 0.492 e. The van der Waals surface area contributed by atoms with Crippen LogP contribution in [0.1, 0.15) is 20.8 Å². The van der Waals surface area contributed by atoms with E-state index in [4.69, 9.17) is 4.74 Å². The van der Waals surface area contributed by atoms with E-state index in [1.54, 1.807) is 31.2 Å². The molecule has 2 rings (SSSR count). The topological polar surface area (TPSA) is 67.4 Å². The van der Waals surface area contributed by atoms with Gasteiger partial charge in [-0.2, -0.15) is 0 Å². The molecule has 0 saturated heterocycles. The Morgan fingerprint density at radius 2 is 1.54 bits per heavy atom. The summed E-state index contributed by atoms with van der Waals surface area (Å²) in [6, 6.07) is 9.99. The summed E-state index contributed by atoms with van der Waals surface area (Å²) in [5.74, 6) is -2.86. The summed E-state index contributed by atoms with van der Waals surface area (Å²) >= 11 is 0. The zero-order valence-corrected chi connectivity index (χ0v) is 14.7. The summed E-state index contributed by atoms with van der Waals surface area (Å²) in [4.78, 5) is 25.0. The third-order valence-electron chi connectivity index (χ3n) is 3.77. The molecule has 0 aliphatic rings. The van der Waals surface area contributed by atoms with E-state index in [2.05, 4.69) is 10.6 Å². The number of ether oxygens (including phenoxy) is 1. The van der Waals surface area contributed by atoms with E-state index in [1.807, 2.05) is 0 Å². The van der Waals surface area contributed by atoms with E-state index < -0.39 is 34.6 Å². The van der Waals surface area contributed by atoms with E-state index in [0.29, 0.717) is 18.0 Å². The molecule has 0 atom stereocenters. The van der Waals surface area contributed by atoms with E-state index in [1.165, 1.54) is 19.9 Å². The summed E-state index contributed by atoms with van der Waals surface area (Å²) in [7, 11) is 0. The second kappa shape index (κ2) is 7.95. The smallest absolute Gasteiger partial charge is 0.239 e. The lowest BCUT2D eigenvalue weighted by atomic mass is 9.90. The standard InChI is InChI=1S/C19H20F2N2O3/c1-4-26-15-11-6-5-10-14(15)22-17(24)19(2,3)18(25)23-16-12(20)8-7-9-13(16)21/h5-11H,4H2,1-3H3,(H,22,24)(H,23,25). The Morgan fingerprint density at radius 3 is 2.15 bits per heavy atom. The Morgan fingerprint density at radius 1 is 0.962 bits per heavy atom. The van der Waals surface area contributed by atoms with Gasteiger partial charge in [0.2, 0.25) is 11.8 Å². The third-order valence-corrected chi connectivity index (χ3v) is 3.77. The lowest BCUT2D eigenvalue weighted by Crippen LogP contribution is -2.42. The first kappa shape index (κ1) is 19.4. The molecular weight excluding hydrogens is 342 g/mol. The van der Waals surface area contributed by atoms with Crippen LogP contribution in [0.5, 0.6) is 5.75 Å². The summed E-state index contributed by atoms with van der Waals surface area (Å²) in [5, 5.41) is 4.76. The average molecular weight is 362 g/mol. The van der Waals surface area contributed by atoms with Crippen LogP contribution < -0.4 is 15.4 Å². The molecule has 0 radical (unpaired) electrons. The molecule has 2 aromatic rings. The highest BCUT2D eigenvalue weighted by molar-refractivity contribution is 6.14. The maximum atomic E-state index is 13.7. The minimum absolute atomic E-state index is 0.400.